The Labute approximate surface area is 180 Å². The Bertz CT molecular complexity index is 1070. The molecule has 1 N–H and O–H groups in total. The number of amides is 1. The first-order chi connectivity index (χ1) is 15.2. The molecular weight excluding hydrogens is 390 g/mol. The number of hydrogen-bond acceptors (Lipinski definition) is 5. The standard InChI is InChI=1S/C25H23N3O3/c1-30-21-14-12-20(13-15-21)25-27-24(31-28-25)17-26-23(29)16-22(18-8-4-2-5-9-18)19-10-6-3-7-11-19/h2-15,22H,16-17H2,1H3,(H,26,29). The largest absolute Gasteiger partial charge is 0.497 e. The molecule has 0 atom stereocenters. The Morgan fingerprint density at radius 3 is 2.13 bits per heavy atom. The molecule has 1 heterocycles. The van der Waals surface area contributed by atoms with Gasteiger partial charge in [-0.2, -0.15) is 4.98 Å². The van der Waals surface area contributed by atoms with E-state index in [1.807, 2.05) is 84.9 Å². The highest BCUT2D eigenvalue weighted by Gasteiger charge is 2.18. The quantitative estimate of drug-likeness (QED) is 0.457. The van der Waals surface area contributed by atoms with Crippen LogP contribution < -0.4 is 10.1 Å². The summed E-state index contributed by atoms with van der Waals surface area (Å²) in [4.78, 5) is 17.1. The van der Waals surface area contributed by atoms with E-state index in [2.05, 4.69) is 15.5 Å². The molecule has 0 aliphatic heterocycles. The van der Waals surface area contributed by atoms with E-state index in [4.69, 9.17) is 9.26 Å². The van der Waals surface area contributed by atoms with Crippen molar-refractivity contribution in [3.05, 3.63) is 102 Å². The maximum atomic E-state index is 12.7. The van der Waals surface area contributed by atoms with E-state index in [9.17, 15) is 4.79 Å². The van der Waals surface area contributed by atoms with Gasteiger partial charge >= 0.3 is 0 Å². The molecule has 4 rings (SSSR count). The van der Waals surface area contributed by atoms with E-state index in [1.165, 1.54) is 0 Å². The zero-order valence-corrected chi connectivity index (χ0v) is 17.2. The first kappa shape index (κ1) is 20.3. The van der Waals surface area contributed by atoms with Gasteiger partial charge in [-0.15, -0.1) is 0 Å². The highest BCUT2D eigenvalue weighted by atomic mass is 16.5. The molecular formula is C25H23N3O3. The summed E-state index contributed by atoms with van der Waals surface area (Å²) in [5, 5.41) is 6.89. The molecule has 6 heteroatoms. The lowest BCUT2D eigenvalue weighted by atomic mass is 9.88. The number of carbonyl (C=O) groups excluding carboxylic acids is 1. The summed E-state index contributed by atoms with van der Waals surface area (Å²) >= 11 is 0. The summed E-state index contributed by atoms with van der Waals surface area (Å²) in [6.07, 6.45) is 0.327. The smallest absolute Gasteiger partial charge is 0.246 e. The molecule has 0 saturated heterocycles. The summed E-state index contributed by atoms with van der Waals surface area (Å²) in [5.74, 6) is 1.47. The van der Waals surface area contributed by atoms with Crippen LogP contribution in [0.5, 0.6) is 5.75 Å². The summed E-state index contributed by atoms with van der Waals surface area (Å²) in [5.41, 5.74) is 3.02. The molecule has 0 aliphatic rings. The molecule has 1 amide bonds. The van der Waals surface area contributed by atoms with Crippen molar-refractivity contribution in [1.29, 1.82) is 0 Å². The predicted octanol–water partition coefficient (Wildman–Crippen LogP) is 4.58. The lowest BCUT2D eigenvalue weighted by molar-refractivity contribution is -0.121. The summed E-state index contributed by atoms with van der Waals surface area (Å²) in [6, 6.07) is 27.5. The van der Waals surface area contributed by atoms with Crippen LogP contribution in [0.25, 0.3) is 11.4 Å². The van der Waals surface area contributed by atoms with Crippen molar-refractivity contribution in [2.45, 2.75) is 18.9 Å². The van der Waals surface area contributed by atoms with Gasteiger partial charge in [0, 0.05) is 17.9 Å². The fraction of sp³-hybridized carbons (Fsp3) is 0.160. The van der Waals surface area contributed by atoms with Crippen LogP contribution in [0.2, 0.25) is 0 Å². The molecule has 0 spiro atoms. The van der Waals surface area contributed by atoms with Crippen LogP contribution >= 0.6 is 0 Å². The van der Waals surface area contributed by atoms with Gasteiger partial charge in [0.2, 0.25) is 17.6 Å². The molecule has 0 bridgehead atoms. The highest BCUT2D eigenvalue weighted by molar-refractivity contribution is 5.77. The number of benzene rings is 3. The summed E-state index contributed by atoms with van der Waals surface area (Å²) in [7, 11) is 1.62. The van der Waals surface area contributed by atoms with Gasteiger partial charge in [-0.25, -0.2) is 0 Å². The number of carbonyl (C=O) groups is 1. The SMILES string of the molecule is COc1ccc(-c2noc(CNC(=O)CC(c3ccccc3)c3ccccc3)n2)cc1. The van der Waals surface area contributed by atoms with Gasteiger partial charge < -0.3 is 14.6 Å². The van der Waals surface area contributed by atoms with E-state index in [0.29, 0.717) is 18.1 Å². The normalized spacial score (nSPS) is 10.8. The molecule has 0 aliphatic carbocycles. The molecule has 0 unspecified atom stereocenters. The van der Waals surface area contributed by atoms with E-state index in [-0.39, 0.29) is 18.4 Å². The number of rotatable bonds is 8. The van der Waals surface area contributed by atoms with Crippen molar-refractivity contribution < 1.29 is 14.1 Å². The van der Waals surface area contributed by atoms with E-state index in [1.54, 1.807) is 7.11 Å². The molecule has 0 saturated carbocycles. The molecule has 1 aromatic heterocycles. The molecule has 0 radical (unpaired) electrons. The van der Waals surface area contributed by atoms with Crippen LogP contribution in [0.4, 0.5) is 0 Å². The maximum Gasteiger partial charge on any atom is 0.246 e. The van der Waals surface area contributed by atoms with Gasteiger partial charge in [0.25, 0.3) is 0 Å². The number of ether oxygens (including phenoxy) is 1. The summed E-state index contributed by atoms with van der Waals surface area (Å²) in [6.45, 7) is 0.179. The fourth-order valence-corrected chi connectivity index (χ4v) is 3.41. The fourth-order valence-electron chi connectivity index (χ4n) is 3.41. The topological polar surface area (TPSA) is 77.3 Å². The molecule has 4 aromatic rings. The van der Waals surface area contributed by atoms with Crippen LogP contribution in [0.1, 0.15) is 29.4 Å². The lowest BCUT2D eigenvalue weighted by Gasteiger charge is -2.17. The third-order valence-corrected chi connectivity index (χ3v) is 5.05. The second-order valence-corrected chi connectivity index (χ2v) is 7.10. The Morgan fingerprint density at radius 2 is 1.55 bits per heavy atom. The van der Waals surface area contributed by atoms with Crippen molar-refractivity contribution in [1.82, 2.24) is 15.5 Å². The minimum atomic E-state index is -0.0816. The average molecular weight is 413 g/mol. The monoisotopic (exact) mass is 413 g/mol. The Balaban J connectivity index is 1.40. The lowest BCUT2D eigenvalue weighted by Crippen LogP contribution is -2.25. The Morgan fingerprint density at radius 1 is 0.935 bits per heavy atom. The molecule has 0 fully saturated rings. The Hall–Kier alpha value is -3.93. The minimum absolute atomic E-state index is 0.0278. The number of nitrogens with zero attached hydrogens (tertiary/aromatic N) is 2. The van der Waals surface area contributed by atoms with Crippen LogP contribution in [-0.4, -0.2) is 23.2 Å². The van der Waals surface area contributed by atoms with Crippen molar-refractivity contribution in [3.63, 3.8) is 0 Å². The number of hydrogen-bond donors (Lipinski definition) is 1. The molecule has 156 valence electrons. The van der Waals surface area contributed by atoms with Gasteiger partial charge in [-0.1, -0.05) is 65.8 Å². The van der Waals surface area contributed by atoms with Gasteiger partial charge in [0.05, 0.1) is 13.7 Å². The van der Waals surface area contributed by atoms with Crippen molar-refractivity contribution in [2.24, 2.45) is 0 Å². The number of nitrogens with one attached hydrogen (secondary N) is 1. The zero-order valence-electron chi connectivity index (χ0n) is 17.2. The van der Waals surface area contributed by atoms with Gasteiger partial charge in [-0.3, -0.25) is 4.79 Å². The van der Waals surface area contributed by atoms with Crippen molar-refractivity contribution in [2.75, 3.05) is 7.11 Å². The van der Waals surface area contributed by atoms with E-state index >= 15 is 0 Å². The van der Waals surface area contributed by atoms with E-state index in [0.717, 1.165) is 22.4 Å². The van der Waals surface area contributed by atoms with Crippen LogP contribution in [0.15, 0.2) is 89.5 Å². The molecule has 3 aromatic carbocycles. The molecule has 31 heavy (non-hydrogen) atoms. The maximum absolute atomic E-state index is 12.7. The van der Waals surface area contributed by atoms with Crippen LogP contribution in [-0.2, 0) is 11.3 Å². The predicted molar refractivity (Wildman–Crippen MR) is 117 cm³/mol. The minimum Gasteiger partial charge on any atom is -0.497 e. The van der Waals surface area contributed by atoms with E-state index < -0.39 is 0 Å². The van der Waals surface area contributed by atoms with Crippen molar-refractivity contribution in [3.8, 4) is 17.1 Å². The second-order valence-electron chi connectivity index (χ2n) is 7.10. The third kappa shape index (κ3) is 5.17. The highest BCUT2D eigenvalue weighted by Crippen LogP contribution is 2.27. The van der Waals surface area contributed by atoms with Crippen molar-refractivity contribution >= 4 is 5.91 Å². The van der Waals surface area contributed by atoms with Gasteiger partial charge in [-0.05, 0) is 35.4 Å². The van der Waals surface area contributed by atoms with Gasteiger partial charge in [0.1, 0.15) is 5.75 Å². The van der Waals surface area contributed by atoms with Gasteiger partial charge in [0.15, 0.2) is 0 Å². The zero-order chi connectivity index (χ0) is 21.5. The third-order valence-electron chi connectivity index (χ3n) is 5.05. The van der Waals surface area contributed by atoms with Crippen LogP contribution in [0, 0.1) is 0 Å². The van der Waals surface area contributed by atoms with Crippen LogP contribution in [0.3, 0.4) is 0 Å². The first-order valence-electron chi connectivity index (χ1n) is 10.1. The Kier molecular flexibility index (Phi) is 6.38. The molecule has 6 nitrogen and oxygen atoms in total. The average Bonchev–Trinajstić information content (AvgIpc) is 3.31. The second kappa shape index (κ2) is 9.71. The first-order valence-corrected chi connectivity index (χ1v) is 10.1. The number of aromatic nitrogens is 2. The summed E-state index contributed by atoms with van der Waals surface area (Å²) < 4.78 is 10.5. The number of methoxy groups -OCH3 is 1.